The summed E-state index contributed by atoms with van der Waals surface area (Å²) in [6.07, 6.45) is 2.95. The van der Waals surface area contributed by atoms with Crippen LogP contribution in [0.2, 0.25) is 0 Å². The maximum Gasteiger partial charge on any atom is 0.123 e. The van der Waals surface area contributed by atoms with Gasteiger partial charge in [0.15, 0.2) is 0 Å². The van der Waals surface area contributed by atoms with Crippen LogP contribution < -0.4 is 5.73 Å². The Morgan fingerprint density at radius 2 is 2.07 bits per heavy atom. The van der Waals surface area contributed by atoms with Crippen molar-refractivity contribution in [3.8, 4) is 0 Å². The first kappa shape index (κ1) is 12.2. The Bertz CT molecular complexity index is 296. The number of rotatable bonds is 5. The Morgan fingerprint density at radius 3 is 2.67 bits per heavy atom. The Balaban J connectivity index is 2.32. The van der Waals surface area contributed by atoms with E-state index in [1.807, 2.05) is 6.07 Å². The van der Waals surface area contributed by atoms with Gasteiger partial charge < -0.3 is 5.73 Å². The van der Waals surface area contributed by atoms with E-state index in [9.17, 15) is 4.39 Å². The van der Waals surface area contributed by atoms with Crippen LogP contribution >= 0.6 is 0 Å². The number of benzene rings is 1. The molecule has 0 bridgehead atoms. The molecule has 0 fully saturated rings. The minimum Gasteiger partial charge on any atom is -0.327 e. The van der Waals surface area contributed by atoms with Gasteiger partial charge in [0.1, 0.15) is 5.82 Å². The van der Waals surface area contributed by atoms with E-state index in [0.29, 0.717) is 5.92 Å². The minimum absolute atomic E-state index is 0.152. The van der Waals surface area contributed by atoms with Gasteiger partial charge in [-0.2, -0.15) is 0 Å². The molecule has 0 aromatic heterocycles. The van der Waals surface area contributed by atoms with E-state index in [-0.39, 0.29) is 11.9 Å². The molecule has 2 N–H and O–H groups in total. The molecule has 0 spiro atoms. The molecule has 15 heavy (non-hydrogen) atoms. The van der Waals surface area contributed by atoms with Gasteiger partial charge in [-0.15, -0.1) is 0 Å². The maximum atomic E-state index is 12.9. The fourth-order valence-corrected chi connectivity index (χ4v) is 1.57. The monoisotopic (exact) mass is 209 g/mol. The van der Waals surface area contributed by atoms with Crippen molar-refractivity contribution >= 4 is 0 Å². The van der Waals surface area contributed by atoms with Gasteiger partial charge in [-0.05, 0) is 42.9 Å². The number of halogens is 1. The fraction of sp³-hybridized carbons (Fsp3) is 0.538. The molecule has 0 amide bonds. The first-order valence-corrected chi connectivity index (χ1v) is 5.59. The second-order valence-electron chi connectivity index (χ2n) is 4.43. The topological polar surface area (TPSA) is 26.0 Å². The Hall–Kier alpha value is -0.890. The molecule has 1 aromatic rings. The van der Waals surface area contributed by atoms with Crippen LogP contribution in [0.3, 0.4) is 0 Å². The molecule has 0 saturated carbocycles. The lowest BCUT2D eigenvalue weighted by Gasteiger charge is -2.14. The molecule has 0 aliphatic carbocycles. The van der Waals surface area contributed by atoms with Gasteiger partial charge in [-0.1, -0.05) is 26.0 Å². The van der Waals surface area contributed by atoms with Crippen LogP contribution in [-0.2, 0) is 6.42 Å². The summed E-state index contributed by atoms with van der Waals surface area (Å²) in [4.78, 5) is 0. The molecule has 84 valence electrons. The van der Waals surface area contributed by atoms with Crippen molar-refractivity contribution in [2.75, 3.05) is 0 Å². The zero-order chi connectivity index (χ0) is 11.3. The maximum absolute atomic E-state index is 12.9. The molecule has 2 heteroatoms. The summed E-state index contributed by atoms with van der Waals surface area (Å²) in [6, 6.07) is 7.06. The summed E-state index contributed by atoms with van der Waals surface area (Å²) in [6.45, 7) is 4.26. The average Bonchev–Trinajstić information content (AvgIpc) is 2.17. The molecule has 1 atom stereocenters. The van der Waals surface area contributed by atoms with Crippen molar-refractivity contribution in [1.82, 2.24) is 0 Å². The van der Waals surface area contributed by atoms with E-state index >= 15 is 0 Å². The summed E-state index contributed by atoms with van der Waals surface area (Å²) in [5.41, 5.74) is 7.00. The van der Waals surface area contributed by atoms with Crippen LogP contribution in [0.15, 0.2) is 24.3 Å². The van der Waals surface area contributed by atoms with Crippen molar-refractivity contribution in [3.05, 3.63) is 35.6 Å². The van der Waals surface area contributed by atoms with Crippen LogP contribution in [0.1, 0.15) is 32.3 Å². The van der Waals surface area contributed by atoms with Crippen LogP contribution in [0.5, 0.6) is 0 Å². The van der Waals surface area contributed by atoms with E-state index < -0.39 is 0 Å². The lowest BCUT2D eigenvalue weighted by molar-refractivity contribution is 0.452. The normalized spacial score (nSPS) is 13.1. The average molecular weight is 209 g/mol. The van der Waals surface area contributed by atoms with Gasteiger partial charge in [-0.25, -0.2) is 4.39 Å². The predicted molar refractivity (Wildman–Crippen MR) is 62.2 cm³/mol. The van der Waals surface area contributed by atoms with Gasteiger partial charge in [0, 0.05) is 6.04 Å². The second-order valence-corrected chi connectivity index (χ2v) is 4.43. The summed E-state index contributed by atoms with van der Waals surface area (Å²) in [7, 11) is 0. The van der Waals surface area contributed by atoms with Crippen molar-refractivity contribution in [1.29, 1.82) is 0 Å². The minimum atomic E-state index is -0.152. The number of hydrogen-bond acceptors (Lipinski definition) is 1. The highest BCUT2D eigenvalue weighted by Crippen LogP contribution is 2.11. The zero-order valence-corrected chi connectivity index (χ0v) is 9.54. The van der Waals surface area contributed by atoms with Gasteiger partial charge >= 0.3 is 0 Å². The predicted octanol–water partition coefficient (Wildman–Crippen LogP) is 3.13. The van der Waals surface area contributed by atoms with Gasteiger partial charge in [0.05, 0.1) is 0 Å². The van der Waals surface area contributed by atoms with E-state index in [0.717, 1.165) is 24.8 Å². The molecule has 1 aromatic carbocycles. The molecule has 0 aliphatic rings. The summed E-state index contributed by atoms with van der Waals surface area (Å²) in [5.74, 6) is 0.373. The highest BCUT2D eigenvalue weighted by atomic mass is 19.1. The number of aryl methyl sites for hydroxylation is 1. The van der Waals surface area contributed by atoms with Gasteiger partial charge in [-0.3, -0.25) is 0 Å². The highest BCUT2D eigenvalue weighted by Gasteiger charge is 2.06. The molecule has 0 heterocycles. The number of nitrogens with two attached hydrogens (primary N) is 1. The second kappa shape index (κ2) is 5.86. The molecule has 1 unspecified atom stereocenters. The SMILES string of the molecule is CC(C)C(N)CCCc1cccc(F)c1. The third-order valence-corrected chi connectivity index (χ3v) is 2.75. The van der Waals surface area contributed by atoms with Crippen LogP contribution in [0, 0.1) is 11.7 Å². The Morgan fingerprint density at radius 1 is 1.33 bits per heavy atom. The summed E-state index contributed by atoms with van der Waals surface area (Å²) in [5, 5.41) is 0. The van der Waals surface area contributed by atoms with Crippen LogP contribution in [0.25, 0.3) is 0 Å². The Labute approximate surface area is 91.5 Å². The summed E-state index contributed by atoms with van der Waals surface area (Å²) >= 11 is 0. The lowest BCUT2D eigenvalue weighted by Crippen LogP contribution is -2.26. The largest absolute Gasteiger partial charge is 0.327 e. The molecule has 0 saturated heterocycles. The zero-order valence-electron chi connectivity index (χ0n) is 9.54. The first-order chi connectivity index (χ1) is 7.09. The third-order valence-electron chi connectivity index (χ3n) is 2.75. The lowest BCUT2D eigenvalue weighted by atomic mass is 9.98. The van der Waals surface area contributed by atoms with Gasteiger partial charge in [0.2, 0.25) is 0 Å². The van der Waals surface area contributed by atoms with Crippen molar-refractivity contribution in [2.24, 2.45) is 11.7 Å². The molecule has 1 rings (SSSR count). The Kier molecular flexibility index (Phi) is 4.76. The quantitative estimate of drug-likeness (QED) is 0.792. The molecular formula is C13H20FN. The van der Waals surface area contributed by atoms with E-state index in [4.69, 9.17) is 5.73 Å². The van der Waals surface area contributed by atoms with Crippen molar-refractivity contribution < 1.29 is 4.39 Å². The smallest absolute Gasteiger partial charge is 0.123 e. The third kappa shape index (κ3) is 4.43. The van der Waals surface area contributed by atoms with Gasteiger partial charge in [0.25, 0.3) is 0 Å². The van der Waals surface area contributed by atoms with E-state index in [1.165, 1.54) is 6.07 Å². The number of hydrogen-bond donors (Lipinski definition) is 1. The molecular weight excluding hydrogens is 189 g/mol. The molecule has 1 nitrogen and oxygen atoms in total. The van der Waals surface area contributed by atoms with E-state index in [2.05, 4.69) is 13.8 Å². The van der Waals surface area contributed by atoms with E-state index in [1.54, 1.807) is 12.1 Å². The first-order valence-electron chi connectivity index (χ1n) is 5.59. The van der Waals surface area contributed by atoms with Crippen LogP contribution in [-0.4, -0.2) is 6.04 Å². The van der Waals surface area contributed by atoms with Crippen LogP contribution in [0.4, 0.5) is 4.39 Å². The standard InChI is InChI=1S/C13H20FN/c1-10(2)13(15)8-4-6-11-5-3-7-12(14)9-11/h3,5,7,9-10,13H,4,6,8,15H2,1-2H3. The van der Waals surface area contributed by atoms with Crippen molar-refractivity contribution in [3.63, 3.8) is 0 Å². The van der Waals surface area contributed by atoms with Crippen molar-refractivity contribution in [2.45, 2.75) is 39.2 Å². The fourth-order valence-electron chi connectivity index (χ4n) is 1.57. The summed E-state index contributed by atoms with van der Waals surface area (Å²) < 4.78 is 12.9. The molecule has 0 aliphatic heterocycles. The highest BCUT2D eigenvalue weighted by molar-refractivity contribution is 5.16. The molecule has 0 radical (unpaired) electrons.